The number of aromatic nitrogens is 2. The van der Waals surface area contributed by atoms with Gasteiger partial charge in [-0.25, -0.2) is 18.1 Å². The van der Waals surface area contributed by atoms with Gasteiger partial charge in [0.25, 0.3) is 10.0 Å². The molecule has 1 N–H and O–H groups in total. The van der Waals surface area contributed by atoms with Gasteiger partial charge >= 0.3 is 0 Å². The van der Waals surface area contributed by atoms with Gasteiger partial charge in [-0.15, -0.1) is 0 Å². The Morgan fingerprint density at radius 2 is 2.17 bits per heavy atom. The van der Waals surface area contributed by atoms with E-state index < -0.39 is 10.0 Å². The van der Waals surface area contributed by atoms with Crippen LogP contribution in [0.3, 0.4) is 0 Å². The molecule has 3 heterocycles. The summed E-state index contributed by atoms with van der Waals surface area (Å²) in [5, 5.41) is -0.1000. The number of hydrogen-bond acceptors (Lipinski definition) is 6. The van der Waals surface area contributed by atoms with Crippen molar-refractivity contribution in [1.82, 2.24) is 19.2 Å². The Bertz CT molecular complexity index is 683. The fourth-order valence-corrected chi connectivity index (χ4v) is 3.85. The molecule has 0 saturated carbocycles. The molecule has 9 nitrogen and oxygen atoms in total. The standard InChI is InChI=1S/C14H22N4O5S/c1-17-9-13(15-10-17)24(20,21)16-7-14(19)18-4-6-23-12(8-18)11-3-2-5-22-11/h9-12,16H,2-8H2,1H3. The highest BCUT2D eigenvalue weighted by atomic mass is 32.2. The maximum absolute atomic E-state index is 12.3. The second-order valence-corrected chi connectivity index (χ2v) is 7.72. The summed E-state index contributed by atoms with van der Waals surface area (Å²) < 4.78 is 39.3. The van der Waals surface area contributed by atoms with Gasteiger partial charge in [-0.3, -0.25) is 4.79 Å². The lowest BCUT2D eigenvalue weighted by Gasteiger charge is -2.35. The van der Waals surface area contributed by atoms with Gasteiger partial charge in [0.15, 0.2) is 5.03 Å². The second kappa shape index (κ2) is 7.18. The van der Waals surface area contributed by atoms with E-state index in [1.165, 1.54) is 17.1 Å². The molecule has 2 unspecified atom stereocenters. The zero-order chi connectivity index (χ0) is 17.2. The van der Waals surface area contributed by atoms with Crippen molar-refractivity contribution in [1.29, 1.82) is 0 Å². The maximum atomic E-state index is 12.3. The van der Waals surface area contributed by atoms with Crippen molar-refractivity contribution in [3.63, 3.8) is 0 Å². The topological polar surface area (TPSA) is 103 Å². The van der Waals surface area contributed by atoms with E-state index in [-0.39, 0.29) is 29.7 Å². The fourth-order valence-electron chi connectivity index (χ4n) is 2.89. The first-order valence-electron chi connectivity index (χ1n) is 7.94. The number of rotatable bonds is 5. The summed E-state index contributed by atoms with van der Waals surface area (Å²) in [6, 6.07) is 0. The number of morpholine rings is 1. The number of imidazole rings is 1. The van der Waals surface area contributed by atoms with Gasteiger partial charge in [-0.2, -0.15) is 0 Å². The molecule has 2 aliphatic rings. The fraction of sp³-hybridized carbons (Fsp3) is 0.714. The summed E-state index contributed by atoms with van der Waals surface area (Å²) >= 11 is 0. The molecule has 0 spiro atoms. The average Bonchev–Trinajstić information content (AvgIpc) is 3.24. The van der Waals surface area contributed by atoms with Crippen molar-refractivity contribution >= 4 is 15.9 Å². The van der Waals surface area contributed by atoms with Crippen LogP contribution >= 0.6 is 0 Å². The molecule has 10 heteroatoms. The molecule has 0 radical (unpaired) electrons. The molecule has 2 aliphatic heterocycles. The lowest BCUT2D eigenvalue weighted by atomic mass is 10.1. The number of nitrogens with one attached hydrogen (secondary N) is 1. The minimum absolute atomic E-state index is 0.0193. The number of ether oxygens (including phenoxy) is 2. The molecule has 1 amide bonds. The molecule has 0 aliphatic carbocycles. The normalized spacial score (nSPS) is 25.1. The predicted octanol–water partition coefficient (Wildman–Crippen LogP) is -0.895. The van der Waals surface area contributed by atoms with Crippen LogP contribution in [-0.2, 0) is 31.3 Å². The number of hydrogen-bond donors (Lipinski definition) is 1. The van der Waals surface area contributed by atoms with E-state index in [9.17, 15) is 13.2 Å². The van der Waals surface area contributed by atoms with E-state index >= 15 is 0 Å². The number of carbonyl (C=O) groups is 1. The van der Waals surface area contributed by atoms with Crippen molar-refractivity contribution in [2.75, 3.05) is 32.8 Å². The van der Waals surface area contributed by atoms with Crippen molar-refractivity contribution < 1.29 is 22.7 Å². The van der Waals surface area contributed by atoms with Gasteiger partial charge in [-0.05, 0) is 12.8 Å². The molecular weight excluding hydrogens is 336 g/mol. The molecule has 2 saturated heterocycles. The van der Waals surface area contributed by atoms with Gasteiger partial charge in [0.05, 0.1) is 25.6 Å². The highest BCUT2D eigenvalue weighted by Crippen LogP contribution is 2.21. The van der Waals surface area contributed by atoms with Gasteiger partial charge in [0.1, 0.15) is 6.10 Å². The van der Waals surface area contributed by atoms with E-state index in [2.05, 4.69) is 9.71 Å². The summed E-state index contributed by atoms with van der Waals surface area (Å²) in [4.78, 5) is 17.7. The Kier molecular flexibility index (Phi) is 5.18. The number of nitrogens with zero attached hydrogens (tertiary/aromatic N) is 3. The Labute approximate surface area is 141 Å². The molecule has 2 atom stereocenters. The summed E-state index contributed by atoms with van der Waals surface area (Å²) in [5.74, 6) is -0.277. The largest absolute Gasteiger partial charge is 0.375 e. The van der Waals surface area contributed by atoms with Crippen molar-refractivity contribution in [3.05, 3.63) is 12.5 Å². The molecule has 1 aromatic rings. The Morgan fingerprint density at radius 3 is 2.83 bits per heavy atom. The first kappa shape index (κ1) is 17.3. The monoisotopic (exact) mass is 358 g/mol. The first-order valence-corrected chi connectivity index (χ1v) is 9.42. The van der Waals surface area contributed by atoms with Crippen LogP contribution < -0.4 is 4.72 Å². The summed E-state index contributed by atoms with van der Waals surface area (Å²) in [6.07, 6.45) is 4.59. The minimum atomic E-state index is -3.79. The maximum Gasteiger partial charge on any atom is 0.260 e. The Hall–Kier alpha value is -1.49. The van der Waals surface area contributed by atoms with Crippen LogP contribution in [0.2, 0.25) is 0 Å². The SMILES string of the molecule is Cn1cnc(S(=O)(=O)NCC(=O)N2CCOC(C3CCCO3)C2)c1. The van der Waals surface area contributed by atoms with E-state index in [1.807, 2.05) is 0 Å². The van der Waals surface area contributed by atoms with E-state index in [0.29, 0.717) is 19.7 Å². The average molecular weight is 358 g/mol. The Balaban J connectivity index is 1.54. The summed E-state index contributed by atoms with van der Waals surface area (Å²) in [5.41, 5.74) is 0. The molecule has 24 heavy (non-hydrogen) atoms. The third-order valence-corrected chi connectivity index (χ3v) is 5.48. The lowest BCUT2D eigenvalue weighted by molar-refractivity contribution is -0.143. The number of carbonyl (C=O) groups excluding carboxylic acids is 1. The second-order valence-electron chi connectivity index (χ2n) is 6.00. The number of aryl methyl sites for hydroxylation is 1. The molecular formula is C14H22N4O5S. The molecule has 0 bridgehead atoms. The van der Waals surface area contributed by atoms with Crippen LogP contribution in [-0.4, -0.2) is 73.8 Å². The molecule has 1 aromatic heterocycles. The molecule has 134 valence electrons. The Morgan fingerprint density at radius 1 is 1.38 bits per heavy atom. The molecule has 0 aromatic carbocycles. The van der Waals surface area contributed by atoms with Crippen LogP contribution in [0.5, 0.6) is 0 Å². The lowest BCUT2D eigenvalue weighted by Crippen LogP contribution is -2.52. The van der Waals surface area contributed by atoms with Crippen LogP contribution in [0, 0.1) is 0 Å². The number of amides is 1. The first-order chi connectivity index (χ1) is 11.5. The highest BCUT2D eigenvalue weighted by molar-refractivity contribution is 7.89. The number of sulfonamides is 1. The smallest absolute Gasteiger partial charge is 0.260 e. The third-order valence-electron chi connectivity index (χ3n) is 4.20. The van der Waals surface area contributed by atoms with Gasteiger partial charge in [0, 0.05) is 32.9 Å². The molecule has 2 fully saturated rings. The minimum Gasteiger partial charge on any atom is -0.375 e. The van der Waals surface area contributed by atoms with Crippen LogP contribution in [0.25, 0.3) is 0 Å². The summed E-state index contributed by atoms with van der Waals surface area (Å²) in [6.45, 7) is 1.74. The quantitative estimate of drug-likeness (QED) is 0.732. The van der Waals surface area contributed by atoms with Gasteiger partial charge in [-0.1, -0.05) is 0 Å². The van der Waals surface area contributed by atoms with Crippen molar-refractivity contribution in [3.8, 4) is 0 Å². The van der Waals surface area contributed by atoms with Crippen LogP contribution in [0.1, 0.15) is 12.8 Å². The molecule has 3 rings (SSSR count). The van der Waals surface area contributed by atoms with Crippen LogP contribution in [0.4, 0.5) is 0 Å². The van der Waals surface area contributed by atoms with Crippen molar-refractivity contribution in [2.45, 2.75) is 30.1 Å². The van der Waals surface area contributed by atoms with E-state index in [4.69, 9.17) is 9.47 Å². The highest BCUT2D eigenvalue weighted by Gasteiger charge is 2.33. The van der Waals surface area contributed by atoms with Crippen LogP contribution in [0.15, 0.2) is 17.6 Å². The summed E-state index contributed by atoms with van der Waals surface area (Å²) in [7, 11) is -2.11. The van der Waals surface area contributed by atoms with Crippen molar-refractivity contribution in [2.24, 2.45) is 7.05 Å². The van der Waals surface area contributed by atoms with E-state index in [0.717, 1.165) is 19.4 Å². The zero-order valence-corrected chi connectivity index (χ0v) is 14.4. The van der Waals surface area contributed by atoms with Gasteiger partial charge < -0.3 is 18.9 Å². The predicted molar refractivity (Wildman–Crippen MR) is 83.7 cm³/mol. The van der Waals surface area contributed by atoms with Gasteiger partial charge in [0.2, 0.25) is 5.91 Å². The third kappa shape index (κ3) is 3.94. The zero-order valence-electron chi connectivity index (χ0n) is 13.6. The van der Waals surface area contributed by atoms with E-state index in [1.54, 1.807) is 11.9 Å².